The van der Waals surface area contributed by atoms with Gasteiger partial charge in [-0.1, -0.05) is 6.07 Å². The second-order valence-electron chi connectivity index (χ2n) is 5.05. The lowest BCUT2D eigenvalue weighted by Crippen LogP contribution is -2.26. The van der Waals surface area contributed by atoms with Gasteiger partial charge in [0.2, 0.25) is 0 Å². The van der Waals surface area contributed by atoms with Crippen LogP contribution in [0.15, 0.2) is 35.3 Å². The molecule has 0 aliphatic rings. The highest BCUT2D eigenvalue weighted by molar-refractivity contribution is 5.26. The molecule has 1 aromatic heterocycles. The summed E-state index contributed by atoms with van der Waals surface area (Å²) in [5.41, 5.74) is 6.89. The molecular weight excluding hydrogens is 273 g/mol. The third-order valence-corrected chi connectivity index (χ3v) is 2.99. The average Bonchev–Trinajstić information content (AvgIpc) is 2.43. The molecule has 5 nitrogen and oxygen atoms in total. The molecule has 2 aromatic rings. The van der Waals surface area contributed by atoms with Crippen molar-refractivity contribution < 1.29 is 9.13 Å². The molecule has 0 fully saturated rings. The highest BCUT2D eigenvalue weighted by atomic mass is 19.1. The SMILES string of the molecule is Cc1ccc(F)cc1Cn1ncc(OCC(C)N)cc1=O. The molecule has 0 radical (unpaired) electrons. The standard InChI is InChI=1S/C15H18FN3O2/c1-10-3-4-13(16)5-12(10)8-19-15(20)6-14(7-18-19)21-9-11(2)17/h3-7,11H,8-9,17H2,1-2H3. The third-order valence-electron chi connectivity index (χ3n) is 2.99. The molecule has 0 spiro atoms. The van der Waals surface area contributed by atoms with Crippen molar-refractivity contribution in [3.05, 3.63) is 57.8 Å². The van der Waals surface area contributed by atoms with E-state index in [-0.39, 0.29) is 24.0 Å². The van der Waals surface area contributed by atoms with Crippen LogP contribution in [-0.2, 0) is 6.54 Å². The van der Waals surface area contributed by atoms with Gasteiger partial charge >= 0.3 is 0 Å². The quantitative estimate of drug-likeness (QED) is 0.905. The van der Waals surface area contributed by atoms with E-state index in [9.17, 15) is 9.18 Å². The van der Waals surface area contributed by atoms with E-state index in [1.54, 1.807) is 13.0 Å². The van der Waals surface area contributed by atoms with E-state index in [1.165, 1.54) is 29.1 Å². The van der Waals surface area contributed by atoms with Crippen molar-refractivity contribution in [2.45, 2.75) is 26.4 Å². The minimum absolute atomic E-state index is 0.123. The molecule has 0 aliphatic heterocycles. The van der Waals surface area contributed by atoms with E-state index in [2.05, 4.69) is 5.10 Å². The summed E-state index contributed by atoms with van der Waals surface area (Å²) in [4.78, 5) is 12.0. The first-order valence-corrected chi connectivity index (χ1v) is 6.66. The first-order chi connectivity index (χ1) is 9.95. The van der Waals surface area contributed by atoms with Crippen LogP contribution in [0.3, 0.4) is 0 Å². The minimum atomic E-state index is -0.333. The smallest absolute Gasteiger partial charge is 0.270 e. The molecule has 6 heteroatoms. The van der Waals surface area contributed by atoms with E-state index < -0.39 is 0 Å². The Labute approximate surface area is 122 Å². The number of aryl methyl sites for hydroxylation is 1. The van der Waals surface area contributed by atoms with Crippen molar-refractivity contribution in [3.8, 4) is 5.75 Å². The molecular formula is C15H18FN3O2. The van der Waals surface area contributed by atoms with E-state index in [0.717, 1.165) is 5.56 Å². The van der Waals surface area contributed by atoms with Crippen LogP contribution in [0.25, 0.3) is 0 Å². The number of ether oxygens (including phenoxy) is 1. The van der Waals surface area contributed by atoms with E-state index in [0.29, 0.717) is 17.9 Å². The largest absolute Gasteiger partial charge is 0.490 e. The van der Waals surface area contributed by atoms with E-state index in [4.69, 9.17) is 10.5 Å². The zero-order valence-corrected chi connectivity index (χ0v) is 12.0. The number of benzene rings is 1. The van der Waals surface area contributed by atoms with Gasteiger partial charge in [0.15, 0.2) is 0 Å². The fourth-order valence-electron chi connectivity index (χ4n) is 1.81. The zero-order chi connectivity index (χ0) is 15.4. The Hall–Kier alpha value is -2.21. The minimum Gasteiger partial charge on any atom is -0.490 e. The predicted molar refractivity (Wildman–Crippen MR) is 77.9 cm³/mol. The van der Waals surface area contributed by atoms with Crippen molar-refractivity contribution in [2.24, 2.45) is 5.73 Å². The van der Waals surface area contributed by atoms with Gasteiger partial charge in [0.25, 0.3) is 5.56 Å². The Balaban J connectivity index is 2.18. The summed E-state index contributed by atoms with van der Waals surface area (Å²) in [6.45, 7) is 4.20. The Kier molecular flexibility index (Phi) is 4.70. The molecule has 1 aromatic carbocycles. The molecule has 2 rings (SSSR count). The average molecular weight is 291 g/mol. The molecule has 0 saturated carbocycles. The summed E-state index contributed by atoms with van der Waals surface area (Å²) >= 11 is 0. The second kappa shape index (κ2) is 6.49. The number of hydrogen-bond donors (Lipinski definition) is 1. The molecule has 1 heterocycles. The monoisotopic (exact) mass is 291 g/mol. The highest BCUT2D eigenvalue weighted by Gasteiger charge is 2.06. The highest BCUT2D eigenvalue weighted by Crippen LogP contribution is 2.11. The summed E-state index contributed by atoms with van der Waals surface area (Å²) in [5, 5.41) is 4.04. The topological polar surface area (TPSA) is 70.1 Å². The van der Waals surface area contributed by atoms with Gasteiger partial charge in [-0.15, -0.1) is 0 Å². The maximum absolute atomic E-state index is 13.3. The van der Waals surface area contributed by atoms with Crippen LogP contribution in [0.1, 0.15) is 18.1 Å². The van der Waals surface area contributed by atoms with Gasteiger partial charge in [-0.3, -0.25) is 4.79 Å². The number of nitrogens with zero attached hydrogens (tertiary/aromatic N) is 2. The molecule has 0 amide bonds. The van der Waals surface area contributed by atoms with Crippen molar-refractivity contribution in [1.29, 1.82) is 0 Å². The Bertz CT molecular complexity index is 683. The van der Waals surface area contributed by atoms with Crippen molar-refractivity contribution in [3.63, 3.8) is 0 Å². The van der Waals surface area contributed by atoms with Crippen LogP contribution < -0.4 is 16.0 Å². The van der Waals surface area contributed by atoms with Gasteiger partial charge < -0.3 is 10.5 Å². The Morgan fingerprint density at radius 2 is 2.19 bits per heavy atom. The lowest BCUT2D eigenvalue weighted by atomic mass is 10.1. The van der Waals surface area contributed by atoms with Crippen molar-refractivity contribution >= 4 is 0 Å². The molecule has 2 N–H and O–H groups in total. The summed E-state index contributed by atoms with van der Waals surface area (Å²) in [6, 6.07) is 5.70. The van der Waals surface area contributed by atoms with E-state index in [1.807, 2.05) is 6.92 Å². The maximum Gasteiger partial charge on any atom is 0.270 e. The number of rotatable bonds is 5. The van der Waals surface area contributed by atoms with Gasteiger partial charge in [-0.25, -0.2) is 9.07 Å². The normalized spacial score (nSPS) is 12.2. The summed E-state index contributed by atoms with van der Waals surface area (Å²) in [5.74, 6) is 0.0463. The molecule has 112 valence electrons. The molecule has 1 unspecified atom stereocenters. The predicted octanol–water partition coefficient (Wildman–Crippen LogP) is 1.47. The van der Waals surface area contributed by atoms with Gasteiger partial charge in [0.05, 0.1) is 12.7 Å². The molecule has 0 saturated heterocycles. The first-order valence-electron chi connectivity index (χ1n) is 6.66. The number of nitrogens with two attached hydrogens (primary N) is 1. The number of aromatic nitrogens is 2. The van der Waals surface area contributed by atoms with Gasteiger partial charge in [-0.05, 0) is 37.1 Å². The molecule has 0 bridgehead atoms. The van der Waals surface area contributed by atoms with Gasteiger partial charge in [-0.2, -0.15) is 5.10 Å². The van der Waals surface area contributed by atoms with Crippen LogP contribution in [0.2, 0.25) is 0 Å². The lowest BCUT2D eigenvalue weighted by molar-refractivity contribution is 0.293. The zero-order valence-electron chi connectivity index (χ0n) is 12.0. The molecule has 0 aliphatic carbocycles. The van der Waals surface area contributed by atoms with Crippen molar-refractivity contribution in [1.82, 2.24) is 9.78 Å². The van der Waals surface area contributed by atoms with Crippen molar-refractivity contribution in [2.75, 3.05) is 6.61 Å². The van der Waals surface area contributed by atoms with Crippen LogP contribution >= 0.6 is 0 Å². The lowest BCUT2D eigenvalue weighted by Gasteiger charge is -2.10. The fraction of sp³-hybridized carbons (Fsp3) is 0.333. The number of halogens is 1. The molecule has 1 atom stereocenters. The van der Waals surface area contributed by atoms with E-state index >= 15 is 0 Å². The van der Waals surface area contributed by atoms with Gasteiger partial charge in [0.1, 0.15) is 18.2 Å². The Morgan fingerprint density at radius 3 is 2.86 bits per heavy atom. The number of hydrogen-bond acceptors (Lipinski definition) is 4. The molecule has 21 heavy (non-hydrogen) atoms. The third kappa shape index (κ3) is 4.13. The van der Waals surface area contributed by atoms with Crippen LogP contribution in [-0.4, -0.2) is 22.4 Å². The Morgan fingerprint density at radius 1 is 1.43 bits per heavy atom. The first kappa shape index (κ1) is 15.2. The maximum atomic E-state index is 13.3. The van der Waals surface area contributed by atoms with Crippen LogP contribution in [0.5, 0.6) is 5.75 Å². The van der Waals surface area contributed by atoms with Gasteiger partial charge in [0, 0.05) is 12.1 Å². The summed E-state index contributed by atoms with van der Waals surface area (Å²) < 4.78 is 19.9. The second-order valence-corrected chi connectivity index (χ2v) is 5.05. The summed E-state index contributed by atoms with van der Waals surface area (Å²) in [7, 11) is 0. The summed E-state index contributed by atoms with van der Waals surface area (Å²) in [6.07, 6.45) is 1.46. The van der Waals surface area contributed by atoms with Crippen LogP contribution in [0, 0.1) is 12.7 Å². The van der Waals surface area contributed by atoms with Crippen LogP contribution in [0.4, 0.5) is 4.39 Å². The fourth-order valence-corrected chi connectivity index (χ4v) is 1.81.